The molecule has 1 aromatic heterocycles. The molecule has 9 nitrogen and oxygen atoms in total. The summed E-state index contributed by atoms with van der Waals surface area (Å²) in [6.45, 7) is 2.13. The van der Waals surface area contributed by atoms with Crippen molar-refractivity contribution in [2.75, 3.05) is 6.61 Å². The highest BCUT2D eigenvalue weighted by Crippen LogP contribution is 2.30. The van der Waals surface area contributed by atoms with Gasteiger partial charge in [0.2, 0.25) is 0 Å². The first-order valence-corrected chi connectivity index (χ1v) is 9.21. The van der Waals surface area contributed by atoms with Crippen molar-refractivity contribution < 1.29 is 18.8 Å². The molecule has 10 heteroatoms. The van der Waals surface area contributed by atoms with Gasteiger partial charge in [0.25, 0.3) is 0 Å². The van der Waals surface area contributed by atoms with Gasteiger partial charge in [0.1, 0.15) is 18.1 Å². The summed E-state index contributed by atoms with van der Waals surface area (Å²) < 4.78 is 25.1. The van der Waals surface area contributed by atoms with E-state index in [4.69, 9.17) is 9.47 Å². The van der Waals surface area contributed by atoms with Crippen LogP contribution >= 0.6 is 0 Å². The minimum absolute atomic E-state index is 0.00214. The van der Waals surface area contributed by atoms with Crippen molar-refractivity contribution in [3.63, 3.8) is 0 Å². The van der Waals surface area contributed by atoms with Crippen LogP contribution in [0.25, 0.3) is 12.2 Å². The Hall–Kier alpha value is -4.21. The van der Waals surface area contributed by atoms with Crippen LogP contribution in [-0.2, 0) is 6.61 Å². The van der Waals surface area contributed by atoms with Crippen molar-refractivity contribution in [3.05, 3.63) is 96.1 Å². The molecule has 160 valence electrons. The van der Waals surface area contributed by atoms with E-state index in [-0.39, 0.29) is 18.1 Å². The molecule has 0 radical (unpaired) electrons. The lowest BCUT2D eigenvalue weighted by Gasteiger charge is -2.13. The molecule has 0 unspecified atom stereocenters. The number of H-pyrrole nitrogens is 2. The first-order chi connectivity index (χ1) is 14.9. The molecule has 0 aliphatic rings. The van der Waals surface area contributed by atoms with Crippen LogP contribution in [0.5, 0.6) is 11.5 Å². The summed E-state index contributed by atoms with van der Waals surface area (Å²) in [5.41, 5.74) is -2.01. The molecule has 0 spiro atoms. The molecule has 0 aliphatic carbocycles. The fraction of sp³-hybridized carbons (Fsp3) is 0.143. The molecular weight excluding hydrogens is 409 g/mol. The lowest BCUT2D eigenvalue weighted by Crippen LogP contribution is -2.25. The van der Waals surface area contributed by atoms with E-state index in [0.717, 1.165) is 0 Å². The van der Waals surface area contributed by atoms with E-state index in [9.17, 15) is 24.1 Å². The molecule has 0 amide bonds. The third kappa shape index (κ3) is 5.24. The van der Waals surface area contributed by atoms with Crippen LogP contribution in [0.1, 0.15) is 23.7 Å². The SMILES string of the molecule is CCOc1cc(C=Cc2[nH]c(=O)[nH]c(=O)c2[N+](=O)[O-])ccc1OCc1ccccc1F. The van der Waals surface area contributed by atoms with Crippen molar-refractivity contribution in [1.29, 1.82) is 0 Å². The maximum atomic E-state index is 13.8. The van der Waals surface area contributed by atoms with Crippen LogP contribution in [0.4, 0.5) is 10.1 Å². The molecule has 2 N–H and O–H groups in total. The van der Waals surface area contributed by atoms with E-state index >= 15 is 0 Å². The summed E-state index contributed by atoms with van der Waals surface area (Å²) in [4.78, 5) is 37.5. The number of aromatic nitrogens is 2. The number of hydrogen-bond acceptors (Lipinski definition) is 6. The summed E-state index contributed by atoms with van der Waals surface area (Å²) >= 11 is 0. The molecule has 3 rings (SSSR count). The summed E-state index contributed by atoms with van der Waals surface area (Å²) in [6, 6.07) is 11.1. The minimum Gasteiger partial charge on any atom is -0.490 e. The van der Waals surface area contributed by atoms with Crippen LogP contribution in [0.15, 0.2) is 52.1 Å². The molecular formula is C21H18FN3O6. The Morgan fingerprint density at radius 3 is 2.55 bits per heavy atom. The van der Waals surface area contributed by atoms with Crippen molar-refractivity contribution >= 4 is 17.8 Å². The predicted molar refractivity (Wildman–Crippen MR) is 112 cm³/mol. The van der Waals surface area contributed by atoms with Crippen molar-refractivity contribution in [3.8, 4) is 11.5 Å². The van der Waals surface area contributed by atoms with Gasteiger partial charge < -0.3 is 14.5 Å². The van der Waals surface area contributed by atoms with E-state index in [2.05, 4.69) is 4.98 Å². The lowest BCUT2D eigenvalue weighted by atomic mass is 10.1. The largest absolute Gasteiger partial charge is 0.490 e. The monoisotopic (exact) mass is 427 g/mol. The second-order valence-electron chi connectivity index (χ2n) is 6.28. The van der Waals surface area contributed by atoms with Crippen LogP contribution in [0, 0.1) is 15.9 Å². The summed E-state index contributed by atoms with van der Waals surface area (Å²) in [5, 5.41) is 11.1. The molecule has 2 aromatic carbocycles. The average molecular weight is 427 g/mol. The Labute approximate surface area is 174 Å². The Bertz CT molecular complexity index is 1250. The molecule has 0 saturated carbocycles. The standard InChI is InChI=1S/C21H18FN3O6/c1-2-30-18-11-13(7-9-16-19(25(28)29)20(26)24-21(27)23-16)8-10-17(18)31-12-14-5-3-4-6-15(14)22/h3-11H,2,12H2,1H3,(H2,23,24,26,27). The molecule has 3 aromatic rings. The van der Waals surface area contributed by atoms with Crippen LogP contribution < -0.4 is 20.7 Å². The van der Waals surface area contributed by atoms with Crippen LogP contribution in [-0.4, -0.2) is 21.5 Å². The van der Waals surface area contributed by atoms with E-state index in [1.807, 2.05) is 4.98 Å². The van der Waals surface area contributed by atoms with Gasteiger partial charge in [-0.1, -0.05) is 30.3 Å². The van der Waals surface area contributed by atoms with Gasteiger partial charge in [-0.2, -0.15) is 0 Å². The first-order valence-electron chi connectivity index (χ1n) is 9.21. The van der Waals surface area contributed by atoms with Crippen LogP contribution in [0.2, 0.25) is 0 Å². The number of hydrogen-bond donors (Lipinski definition) is 2. The number of nitrogens with one attached hydrogen (secondary N) is 2. The van der Waals surface area contributed by atoms with Gasteiger partial charge in [-0.3, -0.25) is 19.9 Å². The quantitative estimate of drug-likeness (QED) is 0.420. The molecule has 0 aliphatic heterocycles. The normalized spacial score (nSPS) is 10.9. The zero-order valence-corrected chi connectivity index (χ0v) is 16.4. The number of nitro groups is 1. The Kier molecular flexibility index (Phi) is 6.61. The maximum absolute atomic E-state index is 13.8. The molecule has 0 atom stereocenters. The highest BCUT2D eigenvalue weighted by atomic mass is 19.1. The second kappa shape index (κ2) is 9.53. The van der Waals surface area contributed by atoms with Gasteiger partial charge in [0.05, 0.1) is 11.5 Å². The van der Waals surface area contributed by atoms with Gasteiger partial charge in [-0.05, 0) is 36.8 Å². The van der Waals surface area contributed by atoms with Crippen molar-refractivity contribution in [1.82, 2.24) is 9.97 Å². The fourth-order valence-electron chi connectivity index (χ4n) is 2.77. The minimum atomic E-state index is -1.10. The predicted octanol–water partition coefficient (Wildman–Crippen LogP) is 3.26. The van der Waals surface area contributed by atoms with E-state index in [1.165, 1.54) is 18.2 Å². The zero-order valence-electron chi connectivity index (χ0n) is 16.4. The van der Waals surface area contributed by atoms with Gasteiger partial charge in [-0.25, -0.2) is 9.18 Å². The third-order valence-corrected chi connectivity index (χ3v) is 4.18. The highest BCUT2D eigenvalue weighted by Gasteiger charge is 2.18. The second-order valence-corrected chi connectivity index (χ2v) is 6.28. The lowest BCUT2D eigenvalue weighted by molar-refractivity contribution is -0.386. The number of rotatable bonds is 8. The van der Waals surface area contributed by atoms with Gasteiger partial charge >= 0.3 is 16.9 Å². The number of benzene rings is 2. The maximum Gasteiger partial charge on any atom is 0.357 e. The Balaban J connectivity index is 1.88. The average Bonchev–Trinajstić information content (AvgIpc) is 2.72. The number of aromatic amines is 2. The van der Waals surface area contributed by atoms with Crippen molar-refractivity contribution in [2.24, 2.45) is 0 Å². The number of nitrogens with zero attached hydrogens (tertiary/aromatic N) is 1. The summed E-state index contributed by atoms with van der Waals surface area (Å²) in [5.74, 6) is 0.390. The van der Waals surface area contributed by atoms with Crippen molar-refractivity contribution in [2.45, 2.75) is 13.5 Å². The molecule has 0 bridgehead atoms. The number of ether oxygens (including phenoxy) is 2. The first kappa shape index (κ1) is 21.5. The molecule has 0 fully saturated rings. The van der Waals surface area contributed by atoms with Gasteiger partial charge in [0, 0.05) is 5.56 Å². The van der Waals surface area contributed by atoms with E-state index < -0.39 is 21.9 Å². The summed E-state index contributed by atoms with van der Waals surface area (Å²) in [6.07, 6.45) is 2.72. The molecule has 0 saturated heterocycles. The zero-order chi connectivity index (χ0) is 22.4. The number of halogens is 1. The molecule has 1 heterocycles. The smallest absolute Gasteiger partial charge is 0.357 e. The fourth-order valence-corrected chi connectivity index (χ4v) is 2.77. The highest BCUT2D eigenvalue weighted by molar-refractivity contribution is 5.72. The van der Waals surface area contributed by atoms with Gasteiger partial charge in [0.15, 0.2) is 11.5 Å². The van der Waals surface area contributed by atoms with Crippen LogP contribution in [0.3, 0.4) is 0 Å². The topological polar surface area (TPSA) is 127 Å². The van der Waals surface area contributed by atoms with E-state index in [1.54, 1.807) is 43.3 Å². The van der Waals surface area contributed by atoms with Gasteiger partial charge in [-0.15, -0.1) is 0 Å². The Morgan fingerprint density at radius 1 is 1.06 bits per heavy atom. The third-order valence-electron chi connectivity index (χ3n) is 4.18. The summed E-state index contributed by atoms with van der Waals surface area (Å²) in [7, 11) is 0. The Morgan fingerprint density at radius 2 is 1.84 bits per heavy atom. The molecule has 31 heavy (non-hydrogen) atoms. The van der Waals surface area contributed by atoms with E-state index in [0.29, 0.717) is 29.2 Å².